The Hall–Kier alpha value is -2.12. The summed E-state index contributed by atoms with van der Waals surface area (Å²) in [6, 6.07) is 7.55. The molecule has 0 saturated heterocycles. The first-order valence-electron chi connectivity index (χ1n) is 6.91. The fourth-order valence-corrected chi connectivity index (χ4v) is 3.54. The van der Waals surface area contributed by atoms with E-state index in [1.54, 1.807) is 13.0 Å². The molecule has 2 aromatic rings. The molecule has 0 aliphatic heterocycles. The van der Waals surface area contributed by atoms with E-state index in [4.69, 9.17) is 25.8 Å². The summed E-state index contributed by atoms with van der Waals surface area (Å²) in [5.74, 6) is 1.23. The molecule has 0 heterocycles. The van der Waals surface area contributed by atoms with E-state index < -0.39 is 10.0 Å². The van der Waals surface area contributed by atoms with Crippen LogP contribution in [0.1, 0.15) is 5.56 Å². The van der Waals surface area contributed by atoms with Crippen LogP contribution in [0.2, 0.25) is 5.02 Å². The lowest BCUT2D eigenvalue weighted by atomic mass is 10.2. The van der Waals surface area contributed by atoms with Gasteiger partial charge in [0.1, 0.15) is 17.2 Å². The Morgan fingerprint density at radius 2 is 1.54 bits per heavy atom. The monoisotopic (exact) mass is 371 g/mol. The average molecular weight is 372 g/mol. The van der Waals surface area contributed by atoms with E-state index in [2.05, 4.69) is 4.72 Å². The van der Waals surface area contributed by atoms with Crippen molar-refractivity contribution in [3.63, 3.8) is 0 Å². The summed E-state index contributed by atoms with van der Waals surface area (Å²) in [4.78, 5) is 0.108. The minimum absolute atomic E-state index is 0.108. The molecule has 0 aliphatic rings. The number of anilines is 1. The van der Waals surface area contributed by atoms with Gasteiger partial charge in [-0.2, -0.15) is 0 Å². The first-order valence-corrected chi connectivity index (χ1v) is 8.77. The number of hydrogen-bond donors (Lipinski definition) is 1. The molecule has 0 unspecified atom stereocenters. The van der Waals surface area contributed by atoms with Crippen LogP contribution in [0.15, 0.2) is 35.2 Å². The highest BCUT2D eigenvalue weighted by molar-refractivity contribution is 7.92. The molecule has 1 N–H and O–H groups in total. The van der Waals surface area contributed by atoms with Crippen LogP contribution < -0.4 is 18.9 Å². The van der Waals surface area contributed by atoms with Crippen molar-refractivity contribution < 1.29 is 22.6 Å². The number of rotatable bonds is 6. The molecule has 2 aromatic carbocycles. The molecule has 0 aliphatic carbocycles. The van der Waals surface area contributed by atoms with E-state index >= 15 is 0 Å². The first kappa shape index (κ1) is 18.2. The maximum Gasteiger partial charge on any atom is 0.262 e. The van der Waals surface area contributed by atoms with Gasteiger partial charge in [-0.1, -0.05) is 11.6 Å². The van der Waals surface area contributed by atoms with Gasteiger partial charge in [0, 0.05) is 12.1 Å². The van der Waals surface area contributed by atoms with Crippen molar-refractivity contribution in [3.8, 4) is 17.2 Å². The van der Waals surface area contributed by atoms with Gasteiger partial charge >= 0.3 is 0 Å². The van der Waals surface area contributed by atoms with Gasteiger partial charge in [0.25, 0.3) is 10.0 Å². The molecule has 0 aromatic heterocycles. The highest BCUT2D eigenvalue weighted by atomic mass is 35.5. The third-order valence-electron chi connectivity index (χ3n) is 3.39. The number of benzene rings is 2. The van der Waals surface area contributed by atoms with Crippen LogP contribution in [0.5, 0.6) is 17.2 Å². The molecule has 0 spiro atoms. The van der Waals surface area contributed by atoms with Crippen LogP contribution >= 0.6 is 11.6 Å². The second-order valence-corrected chi connectivity index (χ2v) is 7.01. The molecular formula is C16H18ClNO5S. The molecule has 24 heavy (non-hydrogen) atoms. The van der Waals surface area contributed by atoms with Crippen LogP contribution in [0.3, 0.4) is 0 Å². The topological polar surface area (TPSA) is 73.9 Å². The zero-order valence-electron chi connectivity index (χ0n) is 13.7. The van der Waals surface area contributed by atoms with Crippen molar-refractivity contribution in [2.45, 2.75) is 11.8 Å². The van der Waals surface area contributed by atoms with E-state index in [1.807, 2.05) is 0 Å². The molecule has 0 amide bonds. The van der Waals surface area contributed by atoms with Crippen LogP contribution in [-0.4, -0.2) is 29.7 Å². The van der Waals surface area contributed by atoms with E-state index in [1.165, 1.54) is 45.6 Å². The number of nitrogens with one attached hydrogen (secondary N) is 1. The Labute approximate surface area is 146 Å². The molecule has 0 fully saturated rings. The molecule has 0 atom stereocenters. The molecule has 130 valence electrons. The number of sulfonamides is 1. The summed E-state index contributed by atoms with van der Waals surface area (Å²) in [6.07, 6.45) is 0. The molecule has 0 radical (unpaired) electrons. The van der Waals surface area contributed by atoms with Gasteiger partial charge in [-0.3, -0.25) is 4.72 Å². The van der Waals surface area contributed by atoms with Crippen molar-refractivity contribution in [3.05, 3.63) is 40.9 Å². The molecular weight excluding hydrogens is 354 g/mol. The second kappa shape index (κ2) is 7.19. The Balaban J connectivity index is 2.44. The van der Waals surface area contributed by atoms with Gasteiger partial charge in [0.15, 0.2) is 0 Å². The maximum absolute atomic E-state index is 12.6. The molecule has 2 rings (SSSR count). The van der Waals surface area contributed by atoms with Gasteiger partial charge in [-0.25, -0.2) is 8.42 Å². The lowest BCUT2D eigenvalue weighted by Crippen LogP contribution is -2.14. The van der Waals surface area contributed by atoms with E-state index in [9.17, 15) is 8.42 Å². The first-order chi connectivity index (χ1) is 11.3. The minimum atomic E-state index is -3.82. The van der Waals surface area contributed by atoms with Crippen molar-refractivity contribution in [2.75, 3.05) is 26.1 Å². The Kier molecular flexibility index (Phi) is 5.46. The smallest absolute Gasteiger partial charge is 0.262 e. The summed E-state index contributed by atoms with van der Waals surface area (Å²) in [7, 11) is 0.579. The minimum Gasteiger partial charge on any atom is -0.496 e. The fraction of sp³-hybridized carbons (Fsp3) is 0.250. The highest BCUT2D eigenvalue weighted by Crippen LogP contribution is 2.37. The van der Waals surface area contributed by atoms with Crippen LogP contribution in [-0.2, 0) is 10.0 Å². The van der Waals surface area contributed by atoms with Crippen molar-refractivity contribution in [1.82, 2.24) is 0 Å². The predicted octanol–water partition coefficient (Wildman–Crippen LogP) is 3.48. The van der Waals surface area contributed by atoms with E-state index in [0.29, 0.717) is 22.1 Å². The van der Waals surface area contributed by atoms with Crippen molar-refractivity contribution in [2.24, 2.45) is 0 Å². The third-order valence-corrected chi connectivity index (χ3v) is 5.05. The van der Waals surface area contributed by atoms with Gasteiger partial charge in [-0.15, -0.1) is 0 Å². The standard InChI is InChI=1S/C16H18ClNO5S/c1-10-7-11(5-6-14(10)21-2)24(19,20)18-13-9-15(22-3)12(17)8-16(13)23-4/h5-9,18H,1-4H3. The van der Waals surface area contributed by atoms with E-state index in [-0.39, 0.29) is 16.3 Å². The Morgan fingerprint density at radius 3 is 2.08 bits per heavy atom. The highest BCUT2D eigenvalue weighted by Gasteiger charge is 2.19. The molecule has 6 nitrogen and oxygen atoms in total. The largest absolute Gasteiger partial charge is 0.496 e. The molecule has 0 bridgehead atoms. The number of methoxy groups -OCH3 is 3. The fourth-order valence-electron chi connectivity index (χ4n) is 2.16. The second-order valence-electron chi connectivity index (χ2n) is 4.92. The zero-order valence-corrected chi connectivity index (χ0v) is 15.3. The van der Waals surface area contributed by atoms with Gasteiger partial charge in [0.05, 0.1) is 36.9 Å². The van der Waals surface area contributed by atoms with Crippen molar-refractivity contribution >= 4 is 27.3 Å². The number of aryl methyl sites for hydroxylation is 1. The number of ether oxygens (including phenoxy) is 3. The third kappa shape index (κ3) is 3.68. The normalized spacial score (nSPS) is 11.0. The van der Waals surface area contributed by atoms with Crippen LogP contribution in [0.4, 0.5) is 5.69 Å². The summed E-state index contributed by atoms with van der Waals surface area (Å²) in [5, 5.41) is 0.317. The zero-order chi connectivity index (χ0) is 17.9. The molecule has 0 saturated carbocycles. The van der Waals surface area contributed by atoms with E-state index in [0.717, 1.165) is 0 Å². The lowest BCUT2D eigenvalue weighted by molar-refractivity contribution is 0.405. The maximum atomic E-state index is 12.6. The predicted molar refractivity (Wildman–Crippen MR) is 93.1 cm³/mol. The van der Waals surface area contributed by atoms with Gasteiger partial charge in [0.2, 0.25) is 0 Å². The SMILES string of the molecule is COc1ccc(S(=O)(=O)Nc2cc(OC)c(Cl)cc2OC)cc1C. The quantitative estimate of drug-likeness (QED) is 0.841. The van der Waals surface area contributed by atoms with Crippen LogP contribution in [0, 0.1) is 6.92 Å². The number of halogens is 1. The van der Waals surface area contributed by atoms with Gasteiger partial charge < -0.3 is 14.2 Å². The summed E-state index contributed by atoms with van der Waals surface area (Å²) in [6.45, 7) is 1.77. The van der Waals surface area contributed by atoms with Crippen LogP contribution in [0.25, 0.3) is 0 Å². The molecule has 8 heteroatoms. The summed E-state index contributed by atoms with van der Waals surface area (Å²) in [5.41, 5.74) is 0.938. The Morgan fingerprint density at radius 1 is 0.917 bits per heavy atom. The lowest BCUT2D eigenvalue weighted by Gasteiger charge is -2.15. The Bertz CT molecular complexity index is 852. The van der Waals surface area contributed by atoms with Crippen molar-refractivity contribution in [1.29, 1.82) is 0 Å². The summed E-state index contributed by atoms with van der Waals surface area (Å²) < 4.78 is 43.2. The summed E-state index contributed by atoms with van der Waals surface area (Å²) >= 11 is 6.03. The average Bonchev–Trinajstić information content (AvgIpc) is 2.55. The number of hydrogen-bond acceptors (Lipinski definition) is 5. The van der Waals surface area contributed by atoms with Gasteiger partial charge in [-0.05, 0) is 30.7 Å².